The standard InChI is InChI=1S/C21H22NO6P/c1-27-19-7-3-15(4-8-19)11-17-13-22(29(24,25)26)14-18(21(17)23)12-16-5-9-20(28-2)10-6-16/h3-12H,13-14H2,1-2H3,(H2,24,25,26)/b17-11+,18-12+. The molecule has 2 aromatic carbocycles. The van der Waals surface area contributed by atoms with Gasteiger partial charge in [-0.15, -0.1) is 0 Å². The largest absolute Gasteiger partial charge is 0.497 e. The van der Waals surface area contributed by atoms with Gasteiger partial charge in [0.1, 0.15) is 11.5 Å². The van der Waals surface area contributed by atoms with E-state index in [-0.39, 0.29) is 18.9 Å². The lowest BCUT2D eigenvalue weighted by Gasteiger charge is -2.29. The highest BCUT2D eigenvalue weighted by Gasteiger charge is 2.35. The van der Waals surface area contributed by atoms with Crippen molar-refractivity contribution in [1.29, 1.82) is 0 Å². The molecule has 3 rings (SSSR count). The fourth-order valence-electron chi connectivity index (χ4n) is 3.01. The highest BCUT2D eigenvalue weighted by atomic mass is 31.2. The molecule has 2 N–H and O–H groups in total. The molecule has 1 heterocycles. The number of nitrogens with zero attached hydrogens (tertiary/aromatic N) is 1. The lowest BCUT2D eigenvalue weighted by Crippen LogP contribution is -2.35. The molecule has 0 bridgehead atoms. The Kier molecular flexibility index (Phi) is 6.35. The quantitative estimate of drug-likeness (QED) is 0.572. The minimum atomic E-state index is -4.52. The molecule has 7 nitrogen and oxygen atoms in total. The molecule has 0 atom stereocenters. The highest BCUT2D eigenvalue weighted by Crippen LogP contribution is 2.43. The Balaban J connectivity index is 1.97. The third-order valence-corrected chi connectivity index (χ3v) is 5.59. The minimum absolute atomic E-state index is 0.130. The number of carbonyl (C=O) groups is 1. The van der Waals surface area contributed by atoms with Gasteiger partial charge in [-0.2, -0.15) is 4.67 Å². The van der Waals surface area contributed by atoms with Crippen molar-refractivity contribution in [2.45, 2.75) is 0 Å². The van der Waals surface area contributed by atoms with Gasteiger partial charge >= 0.3 is 7.75 Å². The van der Waals surface area contributed by atoms with Gasteiger partial charge in [0.05, 0.1) is 14.2 Å². The topological polar surface area (TPSA) is 96.3 Å². The first-order chi connectivity index (χ1) is 13.8. The van der Waals surface area contributed by atoms with Gasteiger partial charge in [0, 0.05) is 24.2 Å². The summed E-state index contributed by atoms with van der Waals surface area (Å²) in [7, 11) is -1.39. The van der Waals surface area contributed by atoms with E-state index in [2.05, 4.69) is 0 Å². The first-order valence-corrected chi connectivity index (χ1v) is 10.4. The van der Waals surface area contributed by atoms with Gasteiger partial charge in [-0.3, -0.25) is 4.79 Å². The van der Waals surface area contributed by atoms with Gasteiger partial charge in [0.15, 0.2) is 5.78 Å². The Morgan fingerprint density at radius 3 is 1.52 bits per heavy atom. The summed E-state index contributed by atoms with van der Waals surface area (Å²) in [5.74, 6) is 1.12. The Labute approximate surface area is 169 Å². The number of hydrogen-bond acceptors (Lipinski definition) is 4. The number of rotatable bonds is 5. The van der Waals surface area contributed by atoms with Crippen LogP contribution in [-0.2, 0) is 9.36 Å². The molecule has 2 aromatic rings. The van der Waals surface area contributed by atoms with E-state index >= 15 is 0 Å². The molecule has 0 saturated carbocycles. The number of hydrogen-bond donors (Lipinski definition) is 2. The number of piperidine rings is 1. The van der Waals surface area contributed by atoms with Crippen molar-refractivity contribution in [3.63, 3.8) is 0 Å². The number of ether oxygens (including phenoxy) is 2. The zero-order valence-electron chi connectivity index (χ0n) is 16.1. The molecule has 1 saturated heterocycles. The molecule has 0 aliphatic carbocycles. The molecule has 0 radical (unpaired) electrons. The van der Waals surface area contributed by atoms with Crippen LogP contribution in [0, 0.1) is 0 Å². The normalized spacial score (nSPS) is 18.3. The maximum Gasteiger partial charge on any atom is 0.403 e. The van der Waals surface area contributed by atoms with Crippen molar-refractivity contribution in [2.75, 3.05) is 27.3 Å². The second-order valence-corrected chi connectivity index (χ2v) is 8.14. The van der Waals surface area contributed by atoms with Crippen molar-refractivity contribution in [3.8, 4) is 11.5 Å². The zero-order chi connectivity index (χ0) is 21.0. The molecular weight excluding hydrogens is 393 g/mol. The van der Waals surface area contributed by atoms with E-state index in [4.69, 9.17) is 9.47 Å². The number of Topliss-reactive ketones (excluding diaryl/α,β-unsaturated/α-hetero) is 1. The number of ketones is 1. The molecule has 29 heavy (non-hydrogen) atoms. The van der Waals surface area contributed by atoms with Gasteiger partial charge in [0.25, 0.3) is 0 Å². The summed E-state index contributed by atoms with van der Waals surface area (Å²) in [4.78, 5) is 32.3. The summed E-state index contributed by atoms with van der Waals surface area (Å²) in [5.41, 5.74) is 2.10. The van der Waals surface area contributed by atoms with Crippen molar-refractivity contribution in [2.24, 2.45) is 0 Å². The van der Waals surface area contributed by atoms with E-state index < -0.39 is 7.75 Å². The molecule has 1 aliphatic heterocycles. The van der Waals surface area contributed by atoms with Crippen LogP contribution in [-0.4, -0.2) is 47.5 Å². The molecule has 8 heteroatoms. The predicted octanol–water partition coefficient (Wildman–Crippen LogP) is 3.15. The minimum Gasteiger partial charge on any atom is -0.497 e. The summed E-state index contributed by atoms with van der Waals surface area (Å²) < 4.78 is 23.1. The molecule has 1 aliphatic rings. The maximum absolute atomic E-state index is 13.0. The second kappa shape index (κ2) is 8.76. The third-order valence-electron chi connectivity index (χ3n) is 4.57. The van der Waals surface area contributed by atoms with E-state index in [9.17, 15) is 19.1 Å². The fourth-order valence-corrected chi connectivity index (χ4v) is 3.68. The molecule has 0 unspecified atom stereocenters. The van der Waals surface area contributed by atoms with Gasteiger partial charge in [-0.1, -0.05) is 24.3 Å². The van der Waals surface area contributed by atoms with Crippen LogP contribution in [0.5, 0.6) is 11.5 Å². The van der Waals surface area contributed by atoms with Crippen molar-refractivity contribution >= 4 is 25.7 Å². The molecular formula is C21H22NO6P. The number of carbonyl (C=O) groups excluding carboxylic acids is 1. The Morgan fingerprint density at radius 2 is 1.21 bits per heavy atom. The lowest BCUT2D eigenvalue weighted by molar-refractivity contribution is -0.113. The van der Waals surface area contributed by atoms with Gasteiger partial charge in [-0.25, -0.2) is 4.57 Å². The average molecular weight is 415 g/mol. The summed E-state index contributed by atoms with van der Waals surface area (Å²) in [6.07, 6.45) is 3.29. The van der Waals surface area contributed by atoms with Crippen molar-refractivity contribution in [1.82, 2.24) is 4.67 Å². The van der Waals surface area contributed by atoms with Gasteiger partial charge in [-0.05, 0) is 47.5 Å². The van der Waals surface area contributed by atoms with Crippen LogP contribution in [0.2, 0.25) is 0 Å². The van der Waals surface area contributed by atoms with Crippen LogP contribution in [0.3, 0.4) is 0 Å². The van der Waals surface area contributed by atoms with Gasteiger partial charge in [0.2, 0.25) is 0 Å². The first-order valence-electron chi connectivity index (χ1n) is 8.85. The maximum atomic E-state index is 13.0. The Morgan fingerprint density at radius 1 is 0.828 bits per heavy atom. The third kappa shape index (κ3) is 5.22. The highest BCUT2D eigenvalue weighted by molar-refractivity contribution is 7.49. The summed E-state index contributed by atoms with van der Waals surface area (Å²) in [6, 6.07) is 14.2. The lowest BCUT2D eigenvalue weighted by atomic mass is 9.95. The van der Waals surface area contributed by atoms with E-state index in [0.717, 1.165) is 15.8 Å². The fraction of sp³-hybridized carbons (Fsp3) is 0.190. The van der Waals surface area contributed by atoms with E-state index in [1.54, 1.807) is 74.9 Å². The van der Waals surface area contributed by atoms with Crippen LogP contribution in [0.25, 0.3) is 12.2 Å². The van der Waals surface area contributed by atoms with Crippen LogP contribution >= 0.6 is 7.75 Å². The predicted molar refractivity (Wildman–Crippen MR) is 111 cm³/mol. The van der Waals surface area contributed by atoms with Crippen LogP contribution < -0.4 is 9.47 Å². The van der Waals surface area contributed by atoms with Crippen molar-refractivity contribution < 1.29 is 28.6 Å². The first kappa shape index (κ1) is 21.0. The second-order valence-electron chi connectivity index (χ2n) is 6.55. The SMILES string of the molecule is COc1ccc(/C=C2\CN(P(=O)(O)O)C/C(=C\c3ccc(OC)cc3)C2=O)cc1. The van der Waals surface area contributed by atoms with Crippen molar-refractivity contribution in [3.05, 3.63) is 70.8 Å². The summed E-state index contributed by atoms with van der Waals surface area (Å²) in [5, 5.41) is 0. The monoisotopic (exact) mass is 415 g/mol. The number of benzene rings is 2. The van der Waals surface area contributed by atoms with E-state index in [1.165, 1.54) is 0 Å². The summed E-state index contributed by atoms with van der Waals surface area (Å²) >= 11 is 0. The van der Waals surface area contributed by atoms with Crippen LogP contribution in [0.15, 0.2) is 59.7 Å². The smallest absolute Gasteiger partial charge is 0.403 e. The average Bonchev–Trinajstić information content (AvgIpc) is 2.71. The van der Waals surface area contributed by atoms with Crippen LogP contribution in [0.4, 0.5) is 0 Å². The molecule has 0 spiro atoms. The molecule has 0 amide bonds. The van der Waals surface area contributed by atoms with E-state index in [0.29, 0.717) is 22.6 Å². The molecule has 0 aromatic heterocycles. The Bertz CT molecular complexity index is 919. The molecule has 1 fully saturated rings. The van der Waals surface area contributed by atoms with E-state index in [1.807, 2.05) is 0 Å². The molecule has 152 valence electrons. The van der Waals surface area contributed by atoms with Gasteiger partial charge < -0.3 is 19.3 Å². The Hall–Kier alpha value is -2.70. The zero-order valence-corrected chi connectivity index (χ0v) is 17.0. The summed E-state index contributed by atoms with van der Waals surface area (Å²) in [6.45, 7) is -0.260. The van der Waals surface area contributed by atoms with Crippen LogP contribution in [0.1, 0.15) is 11.1 Å². The number of methoxy groups -OCH3 is 2.